The molecule has 1 saturated carbocycles. The smallest absolute Gasteiger partial charge is 0.407 e. The van der Waals surface area contributed by atoms with Crippen molar-refractivity contribution in [3.05, 3.63) is 82.3 Å². The van der Waals surface area contributed by atoms with E-state index in [9.17, 15) is 19.2 Å². The zero-order valence-corrected chi connectivity index (χ0v) is 42.8. The fraction of sp³-hybridized carbons (Fsp3) is 0.491. The molecule has 4 aliphatic heterocycles. The molecule has 4 aromatic heterocycles. The van der Waals surface area contributed by atoms with Crippen LogP contribution in [-0.2, 0) is 30.2 Å². The summed E-state index contributed by atoms with van der Waals surface area (Å²) < 4.78 is 41.6. The molecule has 18 nitrogen and oxygen atoms in total. The highest BCUT2D eigenvalue weighted by Crippen LogP contribution is 2.54. The molecule has 10 atom stereocenters. The summed E-state index contributed by atoms with van der Waals surface area (Å²) in [5.41, 5.74) is 4.53. The number of aromatic amines is 2. The highest BCUT2D eigenvalue weighted by molar-refractivity contribution is 7.11. The number of thiazole rings is 1. The largest absolute Gasteiger partial charge is 0.464 e. The topological polar surface area (TPSA) is 211 Å². The molecule has 4 amide bonds. The molecule has 73 heavy (non-hydrogen) atoms. The summed E-state index contributed by atoms with van der Waals surface area (Å²) in [6, 6.07) is 9.26. The summed E-state index contributed by atoms with van der Waals surface area (Å²) in [6.07, 6.45) is 8.36. The van der Waals surface area contributed by atoms with Gasteiger partial charge in [0.05, 0.1) is 89.0 Å². The van der Waals surface area contributed by atoms with Crippen molar-refractivity contribution in [3.63, 3.8) is 0 Å². The summed E-state index contributed by atoms with van der Waals surface area (Å²) >= 11 is 1.55. The number of hydrogen-bond donors (Lipinski definition) is 4. The van der Waals surface area contributed by atoms with Gasteiger partial charge < -0.3 is 49.3 Å². The molecule has 5 aliphatic rings. The molecule has 20 heteroatoms. The average Bonchev–Trinajstić information content (AvgIpc) is 4.14. The van der Waals surface area contributed by atoms with Crippen molar-refractivity contribution in [2.45, 2.75) is 128 Å². The lowest BCUT2D eigenvalue weighted by atomic mass is 9.85. The van der Waals surface area contributed by atoms with E-state index in [1.54, 1.807) is 28.6 Å². The second kappa shape index (κ2) is 19.2. The Kier molecular flexibility index (Phi) is 12.8. The standard InChI is InChI=1S/C53H61FN10O8S/c1-8-43-55-24-42(73-43)51-64-36-12-11-28(34-22-57-48(58-34)40-20-31-18-38(31)63(40)50(66)46(61-53(68)70-7)32-14-26(4)71-27(5)15-32)16-30(36)19-39(64)44-33(54)17-29(21-41(44)72-51)35-23-56-47(59-35)37-10-9-13-62(37)49(65)45(25(2)3)60-52(67)69-6/h11-12,16-17,19,21-27,31-32,37-38,40,45-46,51H,8-10,13-15,18,20H2,1-7H3,(H,56,59)(H,57,58)(H,60,67)(H,61,68)/t26-,27+,31-,32?,37+,38-,40+,45+,46?,51?/m1/s1. The number of nitrogens with zero attached hydrogens (tertiary/aromatic N) is 6. The van der Waals surface area contributed by atoms with Gasteiger partial charge in [0.1, 0.15) is 35.3 Å². The van der Waals surface area contributed by atoms with Crippen LogP contribution in [-0.4, -0.2) is 114 Å². The van der Waals surface area contributed by atoms with Crippen LogP contribution in [0.5, 0.6) is 5.75 Å². The first-order valence-corrected chi connectivity index (χ1v) is 26.2. The lowest BCUT2D eigenvalue weighted by molar-refractivity contribution is -0.140. The van der Waals surface area contributed by atoms with Crippen LogP contribution in [0.25, 0.3) is 44.7 Å². The Labute approximate surface area is 425 Å². The maximum absolute atomic E-state index is 17.0. The molecule has 4 N–H and O–H groups in total. The Morgan fingerprint density at radius 2 is 1.58 bits per heavy atom. The van der Waals surface area contributed by atoms with Gasteiger partial charge in [0, 0.05) is 35.3 Å². The van der Waals surface area contributed by atoms with Crippen LogP contribution >= 0.6 is 11.3 Å². The fourth-order valence-electron chi connectivity index (χ4n) is 11.9. The predicted molar refractivity (Wildman–Crippen MR) is 269 cm³/mol. The fourth-order valence-corrected chi connectivity index (χ4v) is 12.7. The third-order valence-electron chi connectivity index (χ3n) is 15.4. The SMILES string of the molecule is CCc1ncc(C2Oc3cc(-c4cnc([C@@H]5CCCN5C(=O)[C@@H](NC(=O)OC)C(C)C)[nH]4)cc(F)c3-c3cc4cc(-c5cnc([C@@H]6C[C@H]7C[C@H]7N6C(=O)C(NC(=O)OC)C6C[C@@H](C)O[C@@H](C)C6)[nH]5)ccc4n32)s1. The molecule has 0 bridgehead atoms. The molecule has 0 spiro atoms. The second-order valence-electron chi connectivity index (χ2n) is 20.6. The molecule has 2 aromatic carbocycles. The number of H-pyrrole nitrogens is 2. The number of amides is 4. The molecule has 384 valence electrons. The molecule has 6 aromatic rings. The van der Waals surface area contributed by atoms with E-state index in [1.165, 1.54) is 20.3 Å². The zero-order valence-electron chi connectivity index (χ0n) is 41.9. The Balaban J connectivity index is 0.893. The van der Waals surface area contributed by atoms with E-state index in [0.29, 0.717) is 71.6 Å². The zero-order chi connectivity index (χ0) is 51.0. The molecule has 1 aliphatic carbocycles. The molecule has 0 radical (unpaired) electrons. The Hall–Kier alpha value is -6.80. The predicted octanol–water partition coefficient (Wildman–Crippen LogP) is 8.82. The highest BCUT2D eigenvalue weighted by Gasteiger charge is 2.57. The summed E-state index contributed by atoms with van der Waals surface area (Å²) in [5, 5.41) is 7.40. The van der Waals surface area contributed by atoms with Crippen molar-refractivity contribution in [1.29, 1.82) is 0 Å². The van der Waals surface area contributed by atoms with Crippen LogP contribution in [0.1, 0.15) is 113 Å². The average molecular weight is 1020 g/mol. The number of fused-ring (bicyclic) bond motifs is 6. The highest BCUT2D eigenvalue weighted by atomic mass is 32.1. The Bertz CT molecular complexity index is 3100. The molecule has 4 fully saturated rings. The van der Waals surface area contributed by atoms with Gasteiger partial charge in [0.15, 0.2) is 0 Å². The van der Waals surface area contributed by atoms with E-state index in [4.69, 9.17) is 28.9 Å². The number of aryl methyl sites for hydroxylation is 1. The van der Waals surface area contributed by atoms with Crippen molar-refractivity contribution in [3.8, 4) is 39.5 Å². The van der Waals surface area contributed by atoms with Crippen LogP contribution in [0.3, 0.4) is 0 Å². The number of nitrogens with one attached hydrogen (secondary N) is 4. The van der Waals surface area contributed by atoms with Gasteiger partial charge in [-0.05, 0) is 107 Å². The van der Waals surface area contributed by atoms with Gasteiger partial charge in [0.2, 0.25) is 18.0 Å². The number of benzene rings is 2. The Morgan fingerprint density at radius 3 is 2.27 bits per heavy atom. The van der Waals surface area contributed by atoms with Crippen molar-refractivity contribution in [1.82, 2.24) is 49.9 Å². The molecular weight excluding hydrogens is 956 g/mol. The lowest BCUT2D eigenvalue weighted by Gasteiger charge is -2.38. The molecule has 8 heterocycles. The lowest BCUT2D eigenvalue weighted by Crippen LogP contribution is -2.55. The quantitative estimate of drug-likeness (QED) is 0.0910. The number of likely N-dealkylation sites (tertiary alicyclic amines) is 2. The van der Waals surface area contributed by atoms with E-state index in [0.717, 1.165) is 57.7 Å². The van der Waals surface area contributed by atoms with Gasteiger partial charge in [0.25, 0.3) is 0 Å². The van der Waals surface area contributed by atoms with Gasteiger partial charge in [-0.2, -0.15) is 0 Å². The monoisotopic (exact) mass is 1020 g/mol. The first kappa shape index (κ1) is 48.5. The number of hydrogen-bond acceptors (Lipinski definition) is 12. The number of imidazole rings is 2. The van der Waals surface area contributed by atoms with Gasteiger partial charge in [-0.15, -0.1) is 11.3 Å². The van der Waals surface area contributed by atoms with Crippen molar-refractivity contribution in [2.75, 3.05) is 20.8 Å². The number of piperidine rings is 1. The summed E-state index contributed by atoms with van der Waals surface area (Å²) in [7, 11) is 2.58. The van der Waals surface area contributed by atoms with Crippen LogP contribution in [0.2, 0.25) is 0 Å². The van der Waals surface area contributed by atoms with Crippen LogP contribution in [0, 0.1) is 23.6 Å². The summed E-state index contributed by atoms with van der Waals surface area (Å²) in [6.45, 7) is 10.3. The maximum Gasteiger partial charge on any atom is 0.407 e. The molecule has 3 unspecified atom stereocenters. The van der Waals surface area contributed by atoms with Gasteiger partial charge in [-0.1, -0.05) is 26.8 Å². The van der Waals surface area contributed by atoms with E-state index in [2.05, 4.69) is 38.6 Å². The number of rotatable bonds is 12. The second-order valence-corrected chi connectivity index (χ2v) is 21.7. The first-order valence-electron chi connectivity index (χ1n) is 25.4. The summed E-state index contributed by atoms with van der Waals surface area (Å²) in [4.78, 5) is 79.1. The van der Waals surface area contributed by atoms with Crippen LogP contribution < -0.4 is 15.4 Å². The third kappa shape index (κ3) is 8.89. The van der Waals surface area contributed by atoms with E-state index >= 15 is 4.39 Å². The normalized spacial score (nSPS) is 24.9. The van der Waals surface area contributed by atoms with E-state index in [-0.39, 0.29) is 54.0 Å². The van der Waals surface area contributed by atoms with Crippen LogP contribution in [0.4, 0.5) is 14.0 Å². The maximum atomic E-state index is 17.0. The number of halogens is 1. The van der Waals surface area contributed by atoms with Crippen LogP contribution in [0.15, 0.2) is 55.0 Å². The first-order chi connectivity index (χ1) is 35.2. The molecular formula is C53H61FN10O8S. The summed E-state index contributed by atoms with van der Waals surface area (Å²) in [5.74, 6) is 0.850. The number of carbonyl (C=O) groups excluding carboxylic acids is 4. The van der Waals surface area contributed by atoms with Crippen molar-refractivity contribution in [2.24, 2.45) is 17.8 Å². The van der Waals surface area contributed by atoms with E-state index < -0.39 is 36.3 Å². The Morgan fingerprint density at radius 1 is 0.863 bits per heavy atom. The minimum atomic E-state index is -0.777. The third-order valence-corrected chi connectivity index (χ3v) is 16.6. The number of alkyl carbamates (subject to hydrolysis) is 2. The number of methoxy groups -OCH3 is 2. The van der Waals surface area contributed by atoms with Gasteiger partial charge in [-0.25, -0.2) is 28.9 Å². The number of ether oxygens (including phenoxy) is 4. The van der Waals surface area contributed by atoms with Gasteiger partial charge in [-0.3, -0.25) is 14.2 Å². The minimum Gasteiger partial charge on any atom is -0.464 e. The van der Waals surface area contributed by atoms with E-state index in [1.807, 2.05) is 67.6 Å². The number of aromatic nitrogens is 6. The van der Waals surface area contributed by atoms with Gasteiger partial charge >= 0.3 is 12.2 Å². The minimum absolute atomic E-state index is 0.0498. The number of carbonyl (C=O) groups is 4. The van der Waals surface area contributed by atoms with Crippen molar-refractivity contribution >= 4 is 46.2 Å². The molecule has 11 rings (SSSR count). The molecule has 3 saturated heterocycles. The van der Waals surface area contributed by atoms with Crippen molar-refractivity contribution < 1.29 is 42.5 Å².